The summed E-state index contributed by atoms with van der Waals surface area (Å²) in [6, 6.07) is 14.2. The normalized spacial score (nSPS) is 11.1. The highest BCUT2D eigenvalue weighted by molar-refractivity contribution is 6.05. The Labute approximate surface area is 156 Å². The molecule has 0 fully saturated rings. The largest absolute Gasteiger partial charge is 0.465 e. The minimum Gasteiger partial charge on any atom is -0.465 e. The number of furan rings is 1. The number of carbonyl (C=O) groups is 2. The molecule has 2 N–H and O–H groups in total. The molecule has 0 bridgehead atoms. The maximum absolute atomic E-state index is 12.6. The van der Waals surface area contributed by atoms with Gasteiger partial charge >= 0.3 is 0 Å². The van der Waals surface area contributed by atoms with Crippen molar-refractivity contribution >= 4 is 17.9 Å². The third-order valence-electron chi connectivity index (χ3n) is 3.91. The topological polar surface area (TPSA) is 84.2 Å². The zero-order valence-corrected chi connectivity index (χ0v) is 14.8. The Bertz CT molecular complexity index is 948. The first-order valence-electron chi connectivity index (χ1n) is 8.43. The second kappa shape index (κ2) is 8.62. The zero-order valence-electron chi connectivity index (χ0n) is 14.8. The third-order valence-corrected chi connectivity index (χ3v) is 3.91. The molecule has 6 heteroatoms. The summed E-state index contributed by atoms with van der Waals surface area (Å²) >= 11 is 0. The van der Waals surface area contributed by atoms with Gasteiger partial charge in [0.25, 0.3) is 11.8 Å². The molecule has 0 atom stereocenters. The molecule has 27 heavy (non-hydrogen) atoms. The van der Waals surface area contributed by atoms with E-state index >= 15 is 0 Å². The van der Waals surface area contributed by atoms with Crippen molar-refractivity contribution < 1.29 is 14.0 Å². The van der Waals surface area contributed by atoms with E-state index in [1.807, 2.05) is 31.2 Å². The van der Waals surface area contributed by atoms with Gasteiger partial charge in [0, 0.05) is 30.6 Å². The van der Waals surface area contributed by atoms with E-state index in [1.54, 1.807) is 36.7 Å². The molecule has 2 heterocycles. The molecule has 2 aromatic heterocycles. The summed E-state index contributed by atoms with van der Waals surface area (Å²) in [5, 5.41) is 5.48. The van der Waals surface area contributed by atoms with Crippen molar-refractivity contribution in [1.29, 1.82) is 0 Å². The van der Waals surface area contributed by atoms with Gasteiger partial charge < -0.3 is 15.1 Å². The fraction of sp³-hybridized carbons (Fsp3) is 0.0952. The number of aromatic nitrogens is 1. The maximum Gasteiger partial charge on any atom is 0.268 e. The lowest BCUT2D eigenvalue weighted by molar-refractivity contribution is -0.117. The summed E-state index contributed by atoms with van der Waals surface area (Å²) in [5.74, 6) is -0.302. The van der Waals surface area contributed by atoms with Crippen LogP contribution in [0.4, 0.5) is 0 Å². The van der Waals surface area contributed by atoms with Gasteiger partial charge in [0.2, 0.25) is 0 Å². The first-order valence-corrected chi connectivity index (χ1v) is 8.43. The predicted octanol–water partition coefficient (Wildman–Crippen LogP) is 3.07. The minimum absolute atomic E-state index is 0.104. The second-order valence-electron chi connectivity index (χ2n) is 5.88. The van der Waals surface area contributed by atoms with E-state index < -0.39 is 5.91 Å². The van der Waals surface area contributed by atoms with Gasteiger partial charge in [-0.1, -0.05) is 18.2 Å². The van der Waals surface area contributed by atoms with Gasteiger partial charge in [0.05, 0.1) is 6.26 Å². The van der Waals surface area contributed by atoms with E-state index in [0.29, 0.717) is 17.9 Å². The number of aryl methyl sites for hydroxylation is 1. The summed E-state index contributed by atoms with van der Waals surface area (Å²) in [6.07, 6.45) is 6.31. The lowest BCUT2D eigenvalue weighted by Gasteiger charge is -2.12. The van der Waals surface area contributed by atoms with Crippen LogP contribution in [0.25, 0.3) is 6.08 Å². The second-order valence-corrected chi connectivity index (χ2v) is 5.88. The van der Waals surface area contributed by atoms with Crippen LogP contribution in [0.5, 0.6) is 0 Å². The van der Waals surface area contributed by atoms with E-state index in [-0.39, 0.29) is 11.6 Å². The molecule has 0 saturated heterocycles. The van der Waals surface area contributed by atoms with Crippen LogP contribution in [0.1, 0.15) is 27.2 Å². The number of hydrogen-bond donors (Lipinski definition) is 2. The van der Waals surface area contributed by atoms with Crippen LogP contribution in [-0.2, 0) is 11.3 Å². The van der Waals surface area contributed by atoms with Gasteiger partial charge in [-0.15, -0.1) is 0 Å². The molecule has 1 aromatic carbocycles. The van der Waals surface area contributed by atoms with E-state index in [0.717, 1.165) is 11.1 Å². The Kier molecular flexibility index (Phi) is 5.79. The van der Waals surface area contributed by atoms with Gasteiger partial charge in [0.1, 0.15) is 11.5 Å². The van der Waals surface area contributed by atoms with Crippen LogP contribution in [0.2, 0.25) is 0 Å². The highest BCUT2D eigenvalue weighted by Crippen LogP contribution is 2.10. The number of nitrogens with one attached hydrogen (secondary N) is 2. The third kappa shape index (κ3) is 4.92. The van der Waals surface area contributed by atoms with Crippen LogP contribution < -0.4 is 10.6 Å². The average Bonchev–Trinajstić information content (AvgIpc) is 3.20. The van der Waals surface area contributed by atoms with Crippen LogP contribution in [0.15, 0.2) is 77.3 Å². The maximum atomic E-state index is 12.6. The number of rotatable bonds is 6. The number of nitrogens with zero attached hydrogens (tertiary/aromatic N) is 1. The molecule has 0 unspecified atom stereocenters. The van der Waals surface area contributed by atoms with Crippen molar-refractivity contribution in [3.63, 3.8) is 0 Å². The van der Waals surface area contributed by atoms with Crippen molar-refractivity contribution in [3.05, 3.63) is 95.3 Å². The summed E-state index contributed by atoms with van der Waals surface area (Å²) in [5.41, 5.74) is 2.34. The van der Waals surface area contributed by atoms with E-state index in [2.05, 4.69) is 15.6 Å². The Morgan fingerprint density at radius 3 is 2.56 bits per heavy atom. The SMILES string of the molecule is Cc1ccccc1C(=O)N/C(=C\c1ccco1)C(=O)NCc1ccncc1. The average molecular weight is 361 g/mol. The van der Waals surface area contributed by atoms with Gasteiger partial charge in [-0.05, 0) is 48.4 Å². The van der Waals surface area contributed by atoms with E-state index in [4.69, 9.17) is 4.42 Å². The number of hydrogen-bond acceptors (Lipinski definition) is 4. The summed E-state index contributed by atoms with van der Waals surface area (Å²) in [6.45, 7) is 2.16. The molecule has 0 aliphatic rings. The molecule has 0 saturated carbocycles. The lowest BCUT2D eigenvalue weighted by atomic mass is 10.1. The summed E-state index contributed by atoms with van der Waals surface area (Å²) in [4.78, 5) is 29.2. The molecule has 3 aromatic rings. The van der Waals surface area contributed by atoms with Gasteiger partial charge in [-0.3, -0.25) is 14.6 Å². The molecular formula is C21H19N3O3. The van der Waals surface area contributed by atoms with E-state index in [9.17, 15) is 9.59 Å². The molecule has 3 rings (SSSR count). The smallest absolute Gasteiger partial charge is 0.268 e. The number of pyridine rings is 1. The first kappa shape index (κ1) is 18.1. The van der Waals surface area contributed by atoms with E-state index in [1.165, 1.54) is 12.3 Å². The van der Waals surface area contributed by atoms with Crippen molar-refractivity contribution in [2.24, 2.45) is 0 Å². The molecule has 0 aliphatic carbocycles. The molecule has 6 nitrogen and oxygen atoms in total. The highest BCUT2D eigenvalue weighted by Gasteiger charge is 2.16. The van der Waals surface area contributed by atoms with Crippen LogP contribution in [0, 0.1) is 6.92 Å². The predicted molar refractivity (Wildman–Crippen MR) is 101 cm³/mol. The summed E-state index contributed by atoms with van der Waals surface area (Å²) < 4.78 is 5.27. The molecule has 2 amide bonds. The standard InChI is InChI=1S/C21H19N3O3/c1-15-5-2-3-7-18(15)20(25)24-19(13-17-6-4-12-27-17)21(26)23-14-16-8-10-22-11-9-16/h2-13H,14H2,1H3,(H,23,26)(H,24,25)/b19-13-. The first-order chi connectivity index (χ1) is 13.1. The lowest BCUT2D eigenvalue weighted by Crippen LogP contribution is -2.34. The van der Waals surface area contributed by atoms with Crippen molar-refractivity contribution in [3.8, 4) is 0 Å². The number of amides is 2. The quantitative estimate of drug-likeness (QED) is 0.661. The Morgan fingerprint density at radius 1 is 1.07 bits per heavy atom. The van der Waals surface area contributed by atoms with Crippen molar-refractivity contribution in [2.45, 2.75) is 13.5 Å². The summed E-state index contributed by atoms with van der Waals surface area (Å²) in [7, 11) is 0. The van der Waals surface area contributed by atoms with Crippen LogP contribution in [0.3, 0.4) is 0 Å². The Balaban J connectivity index is 1.78. The molecular weight excluding hydrogens is 342 g/mol. The van der Waals surface area contributed by atoms with Gasteiger partial charge in [-0.2, -0.15) is 0 Å². The molecule has 0 spiro atoms. The van der Waals surface area contributed by atoms with Crippen LogP contribution >= 0.6 is 0 Å². The van der Waals surface area contributed by atoms with Gasteiger partial charge in [0.15, 0.2) is 0 Å². The van der Waals surface area contributed by atoms with Gasteiger partial charge in [-0.25, -0.2) is 0 Å². The number of benzene rings is 1. The Hall–Kier alpha value is -3.67. The fourth-order valence-electron chi connectivity index (χ4n) is 2.47. The molecule has 0 aliphatic heterocycles. The molecule has 136 valence electrons. The minimum atomic E-state index is -0.412. The molecule has 0 radical (unpaired) electrons. The van der Waals surface area contributed by atoms with Crippen molar-refractivity contribution in [1.82, 2.24) is 15.6 Å². The monoisotopic (exact) mass is 361 g/mol. The zero-order chi connectivity index (χ0) is 19.1. The fourth-order valence-corrected chi connectivity index (χ4v) is 2.47. The van der Waals surface area contributed by atoms with Crippen LogP contribution in [-0.4, -0.2) is 16.8 Å². The highest BCUT2D eigenvalue weighted by atomic mass is 16.3. The Morgan fingerprint density at radius 2 is 1.85 bits per heavy atom. The number of carbonyl (C=O) groups excluding carboxylic acids is 2. The van der Waals surface area contributed by atoms with Crippen molar-refractivity contribution in [2.75, 3.05) is 0 Å².